The smallest absolute Gasteiger partial charge is 0.0763 e. The van der Waals surface area contributed by atoms with Crippen molar-refractivity contribution in [2.24, 2.45) is 0 Å². The highest BCUT2D eigenvalue weighted by Gasteiger charge is 2.45. The summed E-state index contributed by atoms with van der Waals surface area (Å²) in [5.41, 5.74) is 1.03. The highest BCUT2D eigenvalue weighted by atomic mass is 35.5. The van der Waals surface area contributed by atoms with Gasteiger partial charge in [-0.2, -0.15) is 0 Å². The summed E-state index contributed by atoms with van der Waals surface area (Å²) in [6.45, 7) is 3.02. The standard InChI is InChI=1S/C17H23Cl2NO.ClH/c18-14-6-5-13(11-15(14)19)17(7-4-8-17)16(21)12-20-9-2-1-3-10-20;/h5-6,11,16,21H,1-4,7-10,12H2;1H. The van der Waals surface area contributed by atoms with Crippen LogP contribution in [0.5, 0.6) is 0 Å². The molecule has 0 bridgehead atoms. The number of β-amino-alcohol motifs (C(OH)–C–C–N with tert-alkyl or cyclic N) is 1. The third kappa shape index (κ3) is 3.57. The van der Waals surface area contributed by atoms with E-state index in [1.165, 1.54) is 25.7 Å². The van der Waals surface area contributed by atoms with Crippen molar-refractivity contribution in [1.82, 2.24) is 4.90 Å². The summed E-state index contributed by atoms with van der Waals surface area (Å²) in [5.74, 6) is 0. The molecule has 1 aromatic carbocycles. The van der Waals surface area contributed by atoms with Crippen molar-refractivity contribution >= 4 is 35.6 Å². The fourth-order valence-corrected chi connectivity index (χ4v) is 4.04. The van der Waals surface area contributed by atoms with E-state index >= 15 is 0 Å². The van der Waals surface area contributed by atoms with Crippen LogP contribution in [0.15, 0.2) is 18.2 Å². The monoisotopic (exact) mass is 363 g/mol. The molecule has 0 spiro atoms. The van der Waals surface area contributed by atoms with E-state index in [0.717, 1.165) is 38.0 Å². The van der Waals surface area contributed by atoms with E-state index in [-0.39, 0.29) is 23.9 Å². The predicted molar refractivity (Wildman–Crippen MR) is 95.5 cm³/mol. The molecule has 2 fully saturated rings. The van der Waals surface area contributed by atoms with E-state index in [2.05, 4.69) is 4.90 Å². The van der Waals surface area contributed by atoms with Gasteiger partial charge in [0.25, 0.3) is 0 Å². The fourth-order valence-electron chi connectivity index (χ4n) is 3.74. The van der Waals surface area contributed by atoms with E-state index in [9.17, 15) is 5.11 Å². The fraction of sp³-hybridized carbons (Fsp3) is 0.647. The number of hydrogen-bond acceptors (Lipinski definition) is 2. The Morgan fingerprint density at radius 1 is 1.05 bits per heavy atom. The lowest BCUT2D eigenvalue weighted by molar-refractivity contribution is -0.00125. The first-order valence-electron chi connectivity index (χ1n) is 7.98. The van der Waals surface area contributed by atoms with Gasteiger partial charge in [-0.3, -0.25) is 0 Å². The molecule has 0 aromatic heterocycles. The predicted octanol–water partition coefficient (Wildman–Crippen LogP) is 4.68. The van der Waals surface area contributed by atoms with Crippen LogP contribution in [0.25, 0.3) is 0 Å². The van der Waals surface area contributed by atoms with Crippen LogP contribution in [0.2, 0.25) is 10.0 Å². The van der Waals surface area contributed by atoms with Crippen molar-refractivity contribution in [2.75, 3.05) is 19.6 Å². The zero-order valence-corrected chi connectivity index (χ0v) is 15.1. The summed E-state index contributed by atoms with van der Waals surface area (Å²) in [7, 11) is 0. The molecule has 2 nitrogen and oxygen atoms in total. The minimum absolute atomic E-state index is 0. The highest BCUT2D eigenvalue weighted by molar-refractivity contribution is 6.42. The Morgan fingerprint density at radius 2 is 1.73 bits per heavy atom. The second-order valence-corrected chi connectivity index (χ2v) is 7.33. The van der Waals surface area contributed by atoms with Gasteiger partial charge in [0.15, 0.2) is 0 Å². The molecule has 1 aromatic rings. The lowest BCUT2D eigenvalue weighted by Crippen LogP contribution is -2.51. The zero-order chi connectivity index (χ0) is 14.9. The summed E-state index contributed by atoms with van der Waals surface area (Å²) in [4.78, 5) is 2.41. The van der Waals surface area contributed by atoms with Gasteiger partial charge in [0.05, 0.1) is 16.1 Å². The van der Waals surface area contributed by atoms with Gasteiger partial charge in [-0.1, -0.05) is 42.1 Å². The van der Waals surface area contributed by atoms with Crippen LogP contribution in [-0.2, 0) is 5.41 Å². The van der Waals surface area contributed by atoms with Crippen LogP contribution in [0.4, 0.5) is 0 Å². The van der Waals surface area contributed by atoms with Crippen molar-refractivity contribution in [2.45, 2.75) is 50.0 Å². The van der Waals surface area contributed by atoms with Gasteiger partial charge in [0, 0.05) is 12.0 Å². The van der Waals surface area contributed by atoms with Gasteiger partial charge in [-0.25, -0.2) is 0 Å². The van der Waals surface area contributed by atoms with E-state index in [1.54, 1.807) is 0 Å². The molecule has 22 heavy (non-hydrogen) atoms. The van der Waals surface area contributed by atoms with Crippen LogP contribution in [-0.4, -0.2) is 35.7 Å². The molecule has 1 unspecified atom stereocenters. The van der Waals surface area contributed by atoms with Crippen molar-refractivity contribution in [3.8, 4) is 0 Å². The molecule has 0 amide bonds. The molecule has 2 aliphatic rings. The number of rotatable bonds is 4. The lowest BCUT2D eigenvalue weighted by Gasteiger charge is -2.47. The number of aliphatic hydroxyl groups is 1. The minimum Gasteiger partial charge on any atom is -0.391 e. The van der Waals surface area contributed by atoms with E-state index < -0.39 is 0 Å². The minimum atomic E-state index is -0.318. The third-order valence-corrected chi connectivity index (χ3v) is 6.00. The third-order valence-electron chi connectivity index (χ3n) is 5.26. The molecular formula is C17H24Cl3NO. The first-order chi connectivity index (χ1) is 10.1. The number of benzene rings is 1. The first kappa shape index (κ1) is 18.4. The number of piperidine rings is 1. The van der Waals surface area contributed by atoms with Gasteiger partial charge in [-0.05, 0) is 56.5 Å². The zero-order valence-electron chi connectivity index (χ0n) is 12.7. The average Bonchev–Trinajstić information content (AvgIpc) is 2.42. The Labute approximate surface area is 149 Å². The second kappa shape index (κ2) is 7.72. The molecule has 1 saturated heterocycles. The normalized spacial score (nSPS) is 22.5. The molecule has 5 heteroatoms. The molecule has 1 aliphatic heterocycles. The summed E-state index contributed by atoms with van der Waals surface area (Å²) in [5, 5.41) is 12.0. The summed E-state index contributed by atoms with van der Waals surface area (Å²) < 4.78 is 0. The molecule has 1 N–H and O–H groups in total. The summed E-state index contributed by atoms with van der Waals surface area (Å²) >= 11 is 12.2. The number of likely N-dealkylation sites (tertiary alicyclic amines) is 1. The van der Waals surface area contributed by atoms with Crippen LogP contribution in [0.1, 0.15) is 44.1 Å². The maximum absolute atomic E-state index is 10.9. The van der Waals surface area contributed by atoms with E-state index in [1.807, 2.05) is 18.2 Å². The lowest BCUT2D eigenvalue weighted by atomic mass is 9.61. The largest absolute Gasteiger partial charge is 0.391 e. The molecule has 1 heterocycles. The number of aliphatic hydroxyl groups excluding tert-OH is 1. The molecule has 124 valence electrons. The van der Waals surface area contributed by atoms with Crippen molar-refractivity contribution in [3.63, 3.8) is 0 Å². The molecule has 1 saturated carbocycles. The van der Waals surface area contributed by atoms with Crippen LogP contribution < -0.4 is 0 Å². The van der Waals surface area contributed by atoms with Crippen LogP contribution in [0.3, 0.4) is 0 Å². The Kier molecular flexibility index (Phi) is 6.44. The number of halogens is 3. The first-order valence-corrected chi connectivity index (χ1v) is 8.73. The maximum Gasteiger partial charge on any atom is 0.0763 e. The van der Waals surface area contributed by atoms with Crippen molar-refractivity contribution in [1.29, 1.82) is 0 Å². The van der Waals surface area contributed by atoms with Crippen molar-refractivity contribution < 1.29 is 5.11 Å². The number of hydrogen-bond donors (Lipinski definition) is 1. The Hall–Kier alpha value is 0.01000. The van der Waals surface area contributed by atoms with Gasteiger partial charge < -0.3 is 10.0 Å². The highest BCUT2D eigenvalue weighted by Crippen LogP contribution is 2.47. The van der Waals surface area contributed by atoms with Crippen molar-refractivity contribution in [3.05, 3.63) is 33.8 Å². The average molecular weight is 365 g/mol. The van der Waals surface area contributed by atoms with Gasteiger partial charge in [0.2, 0.25) is 0 Å². The molecule has 3 rings (SSSR count). The molecular weight excluding hydrogens is 341 g/mol. The SMILES string of the molecule is Cl.OC(CN1CCCCC1)C1(c2ccc(Cl)c(Cl)c2)CCC1. The van der Waals surface area contributed by atoms with Crippen LogP contribution >= 0.6 is 35.6 Å². The topological polar surface area (TPSA) is 23.5 Å². The Balaban J connectivity index is 0.00000176. The maximum atomic E-state index is 10.9. The molecule has 1 atom stereocenters. The van der Waals surface area contributed by atoms with Gasteiger partial charge in [-0.15, -0.1) is 12.4 Å². The number of nitrogens with zero attached hydrogens (tertiary/aromatic N) is 1. The summed E-state index contributed by atoms with van der Waals surface area (Å²) in [6, 6.07) is 5.84. The van der Waals surface area contributed by atoms with Gasteiger partial charge in [0.1, 0.15) is 0 Å². The Morgan fingerprint density at radius 3 is 2.27 bits per heavy atom. The quantitative estimate of drug-likeness (QED) is 0.838. The molecule has 0 radical (unpaired) electrons. The van der Waals surface area contributed by atoms with E-state index in [0.29, 0.717) is 10.0 Å². The summed E-state index contributed by atoms with van der Waals surface area (Å²) in [6.07, 6.45) is 6.78. The molecule has 1 aliphatic carbocycles. The van der Waals surface area contributed by atoms with E-state index in [4.69, 9.17) is 23.2 Å². The second-order valence-electron chi connectivity index (χ2n) is 6.52. The Bertz CT molecular complexity index is 499. The van der Waals surface area contributed by atoms with Gasteiger partial charge >= 0.3 is 0 Å². The van der Waals surface area contributed by atoms with Crippen LogP contribution in [0, 0.1) is 0 Å².